The normalized spacial score (nSPS) is 10.4. The molecular formula is C12H14N2O2. The van der Waals surface area contributed by atoms with E-state index >= 15 is 0 Å². The van der Waals surface area contributed by atoms with Gasteiger partial charge in [-0.15, -0.1) is 0 Å². The molecule has 4 heteroatoms. The van der Waals surface area contributed by atoms with Gasteiger partial charge in [-0.1, -0.05) is 6.07 Å². The predicted molar refractivity (Wildman–Crippen MR) is 62.6 cm³/mol. The zero-order valence-corrected chi connectivity index (χ0v) is 9.36. The maximum absolute atomic E-state index is 11.3. The van der Waals surface area contributed by atoms with Gasteiger partial charge in [-0.2, -0.15) is 0 Å². The average Bonchev–Trinajstić information content (AvgIpc) is 2.72. The Labute approximate surface area is 93.8 Å². The molecule has 1 aromatic heterocycles. The number of hydrogen-bond donors (Lipinski definition) is 1. The van der Waals surface area contributed by atoms with Gasteiger partial charge in [0.15, 0.2) is 0 Å². The Hall–Kier alpha value is -1.97. The molecule has 1 aromatic carbocycles. The van der Waals surface area contributed by atoms with Crippen LogP contribution in [0.4, 0.5) is 0 Å². The summed E-state index contributed by atoms with van der Waals surface area (Å²) in [7, 11) is 3.28. The smallest absolute Gasteiger partial charge is 0.239 e. The molecule has 0 spiro atoms. The third-order valence-electron chi connectivity index (χ3n) is 2.59. The van der Waals surface area contributed by atoms with Crippen molar-refractivity contribution in [1.29, 1.82) is 0 Å². The summed E-state index contributed by atoms with van der Waals surface area (Å²) < 4.78 is 7.16. The summed E-state index contributed by atoms with van der Waals surface area (Å²) in [4.78, 5) is 11.3. The fraction of sp³-hybridized carbons (Fsp3) is 0.250. The fourth-order valence-corrected chi connectivity index (χ4v) is 1.74. The van der Waals surface area contributed by atoms with Crippen molar-refractivity contribution < 1.29 is 9.53 Å². The number of aromatic nitrogens is 1. The number of rotatable bonds is 3. The van der Waals surface area contributed by atoms with Crippen molar-refractivity contribution in [3.8, 4) is 5.75 Å². The van der Waals surface area contributed by atoms with Crippen LogP contribution in [0.2, 0.25) is 0 Å². The predicted octanol–water partition coefficient (Wildman–Crippen LogP) is 1.40. The number of fused-ring (bicyclic) bond motifs is 1. The highest BCUT2D eigenvalue weighted by molar-refractivity contribution is 5.88. The highest BCUT2D eigenvalue weighted by atomic mass is 16.5. The number of benzene rings is 1. The van der Waals surface area contributed by atoms with Crippen LogP contribution < -0.4 is 10.1 Å². The van der Waals surface area contributed by atoms with E-state index < -0.39 is 0 Å². The van der Waals surface area contributed by atoms with Crippen LogP contribution >= 0.6 is 0 Å². The van der Waals surface area contributed by atoms with Gasteiger partial charge in [0.2, 0.25) is 5.91 Å². The summed E-state index contributed by atoms with van der Waals surface area (Å²) in [5.41, 5.74) is 1.00. The maximum atomic E-state index is 11.3. The molecule has 4 nitrogen and oxygen atoms in total. The van der Waals surface area contributed by atoms with E-state index in [2.05, 4.69) is 5.32 Å². The first-order chi connectivity index (χ1) is 7.76. The number of amides is 1. The molecule has 1 amide bonds. The van der Waals surface area contributed by atoms with Gasteiger partial charge in [-0.25, -0.2) is 0 Å². The van der Waals surface area contributed by atoms with Crippen LogP contribution in [0.3, 0.4) is 0 Å². The molecule has 0 radical (unpaired) electrons. The van der Waals surface area contributed by atoms with E-state index in [1.54, 1.807) is 14.2 Å². The summed E-state index contributed by atoms with van der Waals surface area (Å²) in [6, 6.07) is 7.76. The van der Waals surface area contributed by atoms with Gasteiger partial charge in [-0.05, 0) is 18.2 Å². The van der Waals surface area contributed by atoms with E-state index in [-0.39, 0.29) is 5.91 Å². The van der Waals surface area contributed by atoms with Gasteiger partial charge in [0.25, 0.3) is 0 Å². The quantitative estimate of drug-likeness (QED) is 0.846. The molecule has 2 aromatic rings. The molecule has 0 saturated heterocycles. The Morgan fingerprint density at radius 1 is 1.44 bits per heavy atom. The number of carbonyl (C=O) groups is 1. The van der Waals surface area contributed by atoms with E-state index in [9.17, 15) is 4.79 Å². The molecule has 0 saturated carbocycles. The van der Waals surface area contributed by atoms with Crippen LogP contribution in [-0.4, -0.2) is 24.6 Å². The third-order valence-corrected chi connectivity index (χ3v) is 2.59. The monoisotopic (exact) mass is 218 g/mol. The van der Waals surface area contributed by atoms with Crippen LogP contribution in [0.5, 0.6) is 5.75 Å². The van der Waals surface area contributed by atoms with Crippen LogP contribution in [0.15, 0.2) is 30.5 Å². The Morgan fingerprint density at radius 3 is 2.94 bits per heavy atom. The Balaban J connectivity index is 2.45. The van der Waals surface area contributed by atoms with E-state index in [1.165, 1.54) is 0 Å². The lowest BCUT2D eigenvalue weighted by molar-refractivity contribution is -0.121. The largest absolute Gasteiger partial charge is 0.496 e. The van der Waals surface area contributed by atoms with Gasteiger partial charge in [0.05, 0.1) is 12.6 Å². The molecule has 2 rings (SSSR count). The first-order valence-corrected chi connectivity index (χ1v) is 5.08. The molecule has 0 unspecified atom stereocenters. The summed E-state index contributed by atoms with van der Waals surface area (Å²) in [5.74, 6) is 0.813. The second-order valence-electron chi connectivity index (χ2n) is 3.51. The zero-order valence-electron chi connectivity index (χ0n) is 9.36. The van der Waals surface area contributed by atoms with Crippen molar-refractivity contribution in [3.63, 3.8) is 0 Å². The lowest BCUT2D eigenvalue weighted by atomic mass is 10.2. The molecule has 0 bridgehead atoms. The molecular weight excluding hydrogens is 204 g/mol. The van der Waals surface area contributed by atoms with Gasteiger partial charge in [0, 0.05) is 18.6 Å². The van der Waals surface area contributed by atoms with Gasteiger partial charge in [0.1, 0.15) is 12.3 Å². The van der Waals surface area contributed by atoms with Crippen LogP contribution in [0, 0.1) is 0 Å². The van der Waals surface area contributed by atoms with E-state index in [0.29, 0.717) is 6.54 Å². The topological polar surface area (TPSA) is 43.3 Å². The minimum absolute atomic E-state index is 0.0136. The molecule has 1 N–H and O–H groups in total. The van der Waals surface area contributed by atoms with Crippen LogP contribution in [0.1, 0.15) is 0 Å². The van der Waals surface area contributed by atoms with E-state index in [4.69, 9.17) is 4.74 Å². The molecule has 0 fully saturated rings. The number of methoxy groups -OCH3 is 1. The van der Waals surface area contributed by atoms with E-state index in [0.717, 1.165) is 16.7 Å². The van der Waals surface area contributed by atoms with Crippen molar-refractivity contribution in [1.82, 2.24) is 9.88 Å². The first-order valence-electron chi connectivity index (χ1n) is 5.08. The van der Waals surface area contributed by atoms with Crippen molar-refractivity contribution >= 4 is 16.8 Å². The molecule has 0 atom stereocenters. The highest BCUT2D eigenvalue weighted by Gasteiger charge is 2.07. The average molecular weight is 218 g/mol. The number of nitrogens with zero attached hydrogens (tertiary/aromatic N) is 1. The third kappa shape index (κ3) is 1.74. The first kappa shape index (κ1) is 10.5. The molecule has 0 aliphatic carbocycles. The number of carbonyl (C=O) groups excluding carboxylic acids is 1. The standard InChI is InChI=1S/C12H14N2O2/c1-13-12(15)8-14-7-6-9-10(14)4-3-5-11(9)16-2/h3-7H,8H2,1-2H3,(H,13,15). The van der Waals surface area contributed by atoms with Gasteiger partial charge >= 0.3 is 0 Å². The Morgan fingerprint density at radius 2 is 2.25 bits per heavy atom. The SMILES string of the molecule is CNC(=O)Cn1ccc2c(OC)cccc21. The van der Waals surface area contributed by atoms with Crippen molar-refractivity contribution in [2.24, 2.45) is 0 Å². The van der Waals surface area contributed by atoms with Crippen molar-refractivity contribution in [3.05, 3.63) is 30.5 Å². The lowest BCUT2D eigenvalue weighted by Gasteiger charge is -2.05. The lowest BCUT2D eigenvalue weighted by Crippen LogP contribution is -2.22. The second-order valence-corrected chi connectivity index (χ2v) is 3.51. The number of ether oxygens (including phenoxy) is 1. The molecule has 0 aliphatic rings. The van der Waals surface area contributed by atoms with Crippen LogP contribution in [0.25, 0.3) is 10.9 Å². The highest BCUT2D eigenvalue weighted by Crippen LogP contribution is 2.25. The minimum atomic E-state index is -0.0136. The molecule has 0 aliphatic heterocycles. The van der Waals surface area contributed by atoms with Crippen LogP contribution in [-0.2, 0) is 11.3 Å². The maximum Gasteiger partial charge on any atom is 0.239 e. The number of hydrogen-bond acceptors (Lipinski definition) is 2. The fourth-order valence-electron chi connectivity index (χ4n) is 1.74. The van der Waals surface area contributed by atoms with Gasteiger partial charge < -0.3 is 14.6 Å². The number of nitrogens with one attached hydrogen (secondary N) is 1. The molecule has 84 valence electrons. The second kappa shape index (κ2) is 4.26. The van der Waals surface area contributed by atoms with E-state index in [1.807, 2.05) is 35.0 Å². The van der Waals surface area contributed by atoms with Gasteiger partial charge in [-0.3, -0.25) is 4.79 Å². The molecule has 16 heavy (non-hydrogen) atoms. The Bertz CT molecular complexity index is 517. The van der Waals surface area contributed by atoms with Crippen molar-refractivity contribution in [2.45, 2.75) is 6.54 Å². The molecule has 1 heterocycles. The summed E-state index contributed by atoms with van der Waals surface area (Å²) in [6.45, 7) is 0.327. The zero-order chi connectivity index (χ0) is 11.5. The summed E-state index contributed by atoms with van der Waals surface area (Å²) in [6.07, 6.45) is 1.89. The summed E-state index contributed by atoms with van der Waals surface area (Å²) in [5, 5.41) is 3.63. The minimum Gasteiger partial charge on any atom is -0.496 e. The Kier molecular flexibility index (Phi) is 2.81. The van der Waals surface area contributed by atoms with Crippen molar-refractivity contribution in [2.75, 3.05) is 14.2 Å². The summed E-state index contributed by atoms with van der Waals surface area (Å²) >= 11 is 0. The number of likely N-dealkylation sites (N-methyl/N-ethyl adjacent to an activating group) is 1.